The Balaban J connectivity index is 1.82. The van der Waals surface area contributed by atoms with Crippen LogP contribution in [-0.2, 0) is 11.3 Å². The van der Waals surface area contributed by atoms with E-state index in [-0.39, 0.29) is 34.8 Å². The molecule has 0 spiro atoms. The normalized spacial score (nSPS) is 16.0. The molecular weight excluding hydrogens is 454 g/mol. The number of halogens is 3. The Labute approximate surface area is 193 Å². The van der Waals surface area contributed by atoms with Gasteiger partial charge in [0.1, 0.15) is 6.54 Å². The van der Waals surface area contributed by atoms with Crippen molar-refractivity contribution in [3.63, 3.8) is 0 Å². The smallest absolute Gasteiger partial charge is 0.280 e. The fourth-order valence-corrected chi connectivity index (χ4v) is 5.06. The Kier molecular flexibility index (Phi) is 4.80. The van der Waals surface area contributed by atoms with Crippen LogP contribution in [0.1, 0.15) is 53.1 Å². The van der Waals surface area contributed by atoms with Crippen molar-refractivity contribution in [1.29, 1.82) is 0 Å². The van der Waals surface area contributed by atoms with Crippen LogP contribution < -0.4 is 10.2 Å². The average molecular weight is 473 g/mol. The van der Waals surface area contributed by atoms with Gasteiger partial charge in [0, 0.05) is 28.9 Å². The van der Waals surface area contributed by atoms with Crippen molar-refractivity contribution in [2.24, 2.45) is 0 Å². The van der Waals surface area contributed by atoms with Gasteiger partial charge >= 0.3 is 0 Å². The van der Waals surface area contributed by atoms with Gasteiger partial charge in [0.05, 0.1) is 16.8 Å². The standard InChI is InChI=1S/C23H19Cl2FN4O2/c1-10(2)20-17-19(28-29(20)9-16(31)27-3)23(32)30-21(17)12-5-4-11(24)8-14(12)13-6-7-15(25)18(26)22(13)30/h4-8,10,21H,9H2,1-3H3,(H,27,31). The van der Waals surface area contributed by atoms with E-state index in [2.05, 4.69) is 10.4 Å². The molecule has 0 saturated heterocycles. The van der Waals surface area contributed by atoms with Gasteiger partial charge in [-0.15, -0.1) is 0 Å². The maximum Gasteiger partial charge on any atom is 0.280 e. The Morgan fingerprint density at radius 2 is 1.97 bits per heavy atom. The number of nitrogens with zero attached hydrogens (tertiary/aromatic N) is 3. The van der Waals surface area contributed by atoms with Crippen LogP contribution in [0.2, 0.25) is 10.0 Å². The zero-order valence-electron chi connectivity index (χ0n) is 17.5. The summed E-state index contributed by atoms with van der Waals surface area (Å²) < 4.78 is 16.9. The first-order valence-corrected chi connectivity index (χ1v) is 10.9. The molecule has 0 fully saturated rings. The molecule has 5 rings (SSSR count). The molecule has 6 nitrogen and oxygen atoms in total. The lowest BCUT2D eigenvalue weighted by molar-refractivity contribution is -0.121. The van der Waals surface area contributed by atoms with Gasteiger partial charge < -0.3 is 5.32 Å². The van der Waals surface area contributed by atoms with E-state index in [1.165, 1.54) is 11.0 Å². The van der Waals surface area contributed by atoms with Gasteiger partial charge in [-0.3, -0.25) is 19.2 Å². The van der Waals surface area contributed by atoms with Crippen LogP contribution in [0, 0.1) is 5.82 Å². The number of aromatic nitrogens is 2. The Morgan fingerprint density at radius 1 is 1.22 bits per heavy atom. The minimum absolute atomic E-state index is 0.0126. The van der Waals surface area contributed by atoms with E-state index in [4.69, 9.17) is 23.2 Å². The van der Waals surface area contributed by atoms with E-state index in [0.717, 1.165) is 16.8 Å². The van der Waals surface area contributed by atoms with Crippen molar-refractivity contribution in [2.45, 2.75) is 32.4 Å². The van der Waals surface area contributed by atoms with E-state index in [1.807, 2.05) is 19.9 Å². The zero-order chi connectivity index (χ0) is 22.9. The van der Waals surface area contributed by atoms with Gasteiger partial charge in [-0.25, -0.2) is 4.39 Å². The highest BCUT2D eigenvalue weighted by Crippen LogP contribution is 2.54. The zero-order valence-corrected chi connectivity index (χ0v) is 19.1. The molecule has 0 saturated carbocycles. The predicted octanol–water partition coefficient (Wildman–Crippen LogP) is 4.93. The summed E-state index contributed by atoms with van der Waals surface area (Å²) in [4.78, 5) is 27.1. The van der Waals surface area contributed by atoms with Crippen LogP contribution in [0.25, 0.3) is 11.1 Å². The fraction of sp³-hybridized carbons (Fsp3) is 0.261. The molecule has 0 radical (unpaired) electrons. The highest BCUT2D eigenvalue weighted by molar-refractivity contribution is 6.32. The molecule has 2 aromatic carbocycles. The third kappa shape index (κ3) is 2.81. The van der Waals surface area contributed by atoms with Crippen molar-refractivity contribution in [3.05, 3.63) is 68.7 Å². The molecule has 1 aromatic heterocycles. The average Bonchev–Trinajstić information content (AvgIpc) is 3.25. The number of carbonyl (C=O) groups excluding carboxylic acids is 2. The third-order valence-electron chi connectivity index (χ3n) is 6.01. The molecule has 1 atom stereocenters. The summed E-state index contributed by atoms with van der Waals surface area (Å²) in [5.74, 6) is -1.35. The molecule has 3 aromatic rings. The molecule has 2 aliphatic rings. The van der Waals surface area contributed by atoms with Gasteiger partial charge in [0.2, 0.25) is 5.91 Å². The van der Waals surface area contributed by atoms with Gasteiger partial charge in [-0.05, 0) is 35.2 Å². The SMILES string of the molecule is CNC(=O)Cn1nc2c(c1C(C)C)C1c3ccc(Cl)cc3-c3ccc(Cl)c(F)c3N1C2=O. The van der Waals surface area contributed by atoms with Crippen LogP contribution in [0.3, 0.4) is 0 Å². The molecule has 32 heavy (non-hydrogen) atoms. The lowest BCUT2D eigenvalue weighted by Crippen LogP contribution is -2.34. The number of rotatable bonds is 3. The number of anilines is 1. The molecule has 0 bridgehead atoms. The Hall–Kier alpha value is -2.90. The lowest BCUT2D eigenvalue weighted by atomic mass is 9.85. The van der Waals surface area contributed by atoms with Crippen molar-refractivity contribution in [3.8, 4) is 11.1 Å². The molecule has 1 N–H and O–H groups in total. The Bertz CT molecular complexity index is 1320. The summed E-state index contributed by atoms with van der Waals surface area (Å²) in [6.07, 6.45) is 0. The summed E-state index contributed by atoms with van der Waals surface area (Å²) in [7, 11) is 1.55. The van der Waals surface area contributed by atoms with Crippen LogP contribution in [-0.4, -0.2) is 28.6 Å². The first-order chi connectivity index (χ1) is 15.2. The summed E-state index contributed by atoms with van der Waals surface area (Å²) in [6.45, 7) is 3.94. The van der Waals surface area contributed by atoms with Gasteiger partial charge in [0.15, 0.2) is 11.5 Å². The molecule has 9 heteroatoms. The number of fused-ring (bicyclic) bond motifs is 8. The maximum atomic E-state index is 15.3. The summed E-state index contributed by atoms with van der Waals surface area (Å²) in [5, 5.41) is 7.52. The summed E-state index contributed by atoms with van der Waals surface area (Å²) >= 11 is 12.4. The molecular formula is C23H19Cl2FN4O2. The topological polar surface area (TPSA) is 67.2 Å². The predicted molar refractivity (Wildman–Crippen MR) is 121 cm³/mol. The van der Waals surface area contributed by atoms with Crippen LogP contribution in [0.15, 0.2) is 30.3 Å². The third-order valence-corrected chi connectivity index (χ3v) is 6.54. The Morgan fingerprint density at radius 3 is 2.66 bits per heavy atom. The summed E-state index contributed by atoms with van der Waals surface area (Å²) in [6, 6.07) is 7.96. The molecule has 1 unspecified atom stereocenters. The highest BCUT2D eigenvalue weighted by atomic mass is 35.5. The molecule has 164 valence electrons. The molecule has 3 heterocycles. The molecule has 2 amide bonds. The number of hydrogen-bond donors (Lipinski definition) is 1. The van der Waals surface area contributed by atoms with Crippen molar-refractivity contribution >= 4 is 40.7 Å². The number of nitrogens with one attached hydrogen (secondary N) is 1. The van der Waals surface area contributed by atoms with Crippen LogP contribution in [0.5, 0.6) is 0 Å². The van der Waals surface area contributed by atoms with Crippen molar-refractivity contribution in [1.82, 2.24) is 15.1 Å². The second kappa shape index (κ2) is 7.32. The second-order valence-electron chi connectivity index (χ2n) is 8.20. The number of carbonyl (C=O) groups is 2. The number of benzene rings is 2. The van der Waals surface area contributed by atoms with Crippen molar-refractivity contribution in [2.75, 3.05) is 11.9 Å². The van der Waals surface area contributed by atoms with E-state index in [9.17, 15) is 9.59 Å². The van der Waals surface area contributed by atoms with E-state index < -0.39 is 17.8 Å². The van der Waals surface area contributed by atoms with E-state index >= 15 is 4.39 Å². The maximum absolute atomic E-state index is 15.3. The van der Waals surface area contributed by atoms with Gasteiger partial charge in [-0.1, -0.05) is 49.2 Å². The monoisotopic (exact) mass is 472 g/mol. The first kappa shape index (κ1) is 21.0. The van der Waals surface area contributed by atoms with Crippen LogP contribution >= 0.6 is 23.2 Å². The fourth-order valence-electron chi connectivity index (χ4n) is 4.74. The van der Waals surface area contributed by atoms with Gasteiger partial charge in [0.25, 0.3) is 5.91 Å². The second-order valence-corrected chi connectivity index (χ2v) is 9.04. The number of likely N-dealkylation sites (N-methyl/N-ethyl adjacent to an activating group) is 1. The quantitative estimate of drug-likeness (QED) is 0.587. The lowest BCUT2D eigenvalue weighted by Gasteiger charge is -2.35. The number of amides is 2. The first-order valence-electron chi connectivity index (χ1n) is 10.2. The molecule has 0 aliphatic carbocycles. The highest BCUT2D eigenvalue weighted by Gasteiger charge is 2.49. The van der Waals surface area contributed by atoms with E-state index in [0.29, 0.717) is 16.1 Å². The summed E-state index contributed by atoms with van der Waals surface area (Å²) in [5.41, 5.74) is 3.88. The largest absolute Gasteiger partial charge is 0.358 e. The minimum atomic E-state index is -0.664. The number of hydrogen-bond acceptors (Lipinski definition) is 3. The van der Waals surface area contributed by atoms with Gasteiger partial charge in [-0.2, -0.15) is 5.10 Å². The minimum Gasteiger partial charge on any atom is -0.358 e. The van der Waals surface area contributed by atoms with E-state index in [1.54, 1.807) is 29.9 Å². The molecule has 2 aliphatic heterocycles. The van der Waals surface area contributed by atoms with Crippen molar-refractivity contribution < 1.29 is 14.0 Å². The van der Waals surface area contributed by atoms with Crippen LogP contribution in [0.4, 0.5) is 10.1 Å².